The number of allylic oxidation sites excluding steroid dienone is 1. The van der Waals surface area contributed by atoms with E-state index in [4.69, 9.17) is 4.74 Å². The maximum Gasteiger partial charge on any atom is 0.0651 e. The molecule has 1 rings (SSSR count). The summed E-state index contributed by atoms with van der Waals surface area (Å²) in [5.74, 6) is 0. The molecule has 1 aliphatic carbocycles. The summed E-state index contributed by atoms with van der Waals surface area (Å²) in [6, 6.07) is 0. The Morgan fingerprint density at radius 1 is 1.40 bits per heavy atom. The zero-order valence-electron chi connectivity index (χ0n) is 6.68. The second-order valence-electron chi connectivity index (χ2n) is 2.81. The fourth-order valence-electron chi connectivity index (χ4n) is 1.34. The first-order chi connectivity index (χ1) is 4.93. The molecule has 1 nitrogen and oxygen atoms in total. The SMILES string of the molecule is CC=CCOC1CCCC1. The lowest BCUT2D eigenvalue weighted by atomic mass is 10.3. The van der Waals surface area contributed by atoms with Gasteiger partial charge in [-0.05, 0) is 19.8 Å². The van der Waals surface area contributed by atoms with E-state index in [-0.39, 0.29) is 0 Å². The molecule has 0 saturated heterocycles. The third-order valence-corrected chi connectivity index (χ3v) is 1.97. The first kappa shape index (κ1) is 7.80. The Balaban J connectivity index is 2.01. The molecule has 0 amide bonds. The summed E-state index contributed by atoms with van der Waals surface area (Å²) in [4.78, 5) is 0. The minimum atomic E-state index is 0.566. The molecule has 1 fully saturated rings. The molecule has 1 aliphatic rings. The maximum absolute atomic E-state index is 5.56. The summed E-state index contributed by atoms with van der Waals surface area (Å²) >= 11 is 0. The van der Waals surface area contributed by atoms with Gasteiger partial charge >= 0.3 is 0 Å². The number of hydrogen-bond donors (Lipinski definition) is 0. The van der Waals surface area contributed by atoms with Gasteiger partial charge in [0.05, 0.1) is 12.7 Å². The average molecular weight is 140 g/mol. The summed E-state index contributed by atoms with van der Waals surface area (Å²) in [5, 5.41) is 0. The van der Waals surface area contributed by atoms with E-state index in [1.54, 1.807) is 0 Å². The molecule has 1 saturated carbocycles. The van der Waals surface area contributed by atoms with Crippen molar-refractivity contribution in [3.8, 4) is 0 Å². The van der Waals surface area contributed by atoms with Crippen molar-refractivity contribution in [1.82, 2.24) is 0 Å². The van der Waals surface area contributed by atoms with Crippen molar-refractivity contribution >= 4 is 0 Å². The zero-order valence-corrected chi connectivity index (χ0v) is 6.68. The Bertz CT molecular complexity index is 101. The Labute approximate surface area is 63.1 Å². The van der Waals surface area contributed by atoms with E-state index in [0.29, 0.717) is 6.10 Å². The van der Waals surface area contributed by atoms with Crippen LogP contribution in [-0.4, -0.2) is 12.7 Å². The number of ether oxygens (including phenoxy) is 1. The van der Waals surface area contributed by atoms with Crippen LogP contribution in [0.3, 0.4) is 0 Å². The van der Waals surface area contributed by atoms with E-state index in [0.717, 1.165) is 6.61 Å². The van der Waals surface area contributed by atoms with Crippen LogP contribution in [0.2, 0.25) is 0 Å². The van der Waals surface area contributed by atoms with Gasteiger partial charge in [0.25, 0.3) is 0 Å². The minimum Gasteiger partial charge on any atom is -0.374 e. The molecule has 0 bridgehead atoms. The largest absolute Gasteiger partial charge is 0.374 e. The Morgan fingerprint density at radius 3 is 2.70 bits per heavy atom. The average Bonchev–Trinajstić information content (AvgIpc) is 2.41. The standard InChI is InChI=1S/C9H16O/c1-2-3-8-10-9-6-4-5-7-9/h2-3,9H,4-8H2,1H3. The molecule has 0 N–H and O–H groups in total. The fraction of sp³-hybridized carbons (Fsp3) is 0.778. The van der Waals surface area contributed by atoms with E-state index in [1.165, 1.54) is 25.7 Å². The lowest BCUT2D eigenvalue weighted by Crippen LogP contribution is -2.06. The van der Waals surface area contributed by atoms with Gasteiger partial charge in [0.2, 0.25) is 0 Å². The number of hydrogen-bond acceptors (Lipinski definition) is 1. The van der Waals surface area contributed by atoms with Gasteiger partial charge in [0, 0.05) is 0 Å². The summed E-state index contributed by atoms with van der Waals surface area (Å²) in [6.45, 7) is 2.83. The third kappa shape index (κ3) is 2.53. The summed E-state index contributed by atoms with van der Waals surface area (Å²) in [5.41, 5.74) is 0. The molecular weight excluding hydrogens is 124 g/mol. The molecule has 0 heterocycles. The van der Waals surface area contributed by atoms with Crippen molar-refractivity contribution in [2.24, 2.45) is 0 Å². The second kappa shape index (κ2) is 4.51. The highest BCUT2D eigenvalue weighted by Gasteiger charge is 2.13. The van der Waals surface area contributed by atoms with Gasteiger partial charge in [-0.2, -0.15) is 0 Å². The van der Waals surface area contributed by atoms with Crippen LogP contribution >= 0.6 is 0 Å². The van der Waals surface area contributed by atoms with Crippen molar-refractivity contribution in [2.75, 3.05) is 6.61 Å². The summed E-state index contributed by atoms with van der Waals surface area (Å²) < 4.78 is 5.56. The first-order valence-corrected chi connectivity index (χ1v) is 4.16. The fourth-order valence-corrected chi connectivity index (χ4v) is 1.34. The molecule has 58 valence electrons. The van der Waals surface area contributed by atoms with Crippen molar-refractivity contribution in [1.29, 1.82) is 0 Å². The highest BCUT2D eigenvalue weighted by Crippen LogP contribution is 2.20. The lowest BCUT2D eigenvalue weighted by molar-refractivity contribution is 0.0800. The van der Waals surface area contributed by atoms with Crippen molar-refractivity contribution in [3.05, 3.63) is 12.2 Å². The van der Waals surface area contributed by atoms with E-state index in [1.807, 2.05) is 13.0 Å². The summed E-state index contributed by atoms with van der Waals surface area (Å²) in [6.07, 6.45) is 9.94. The topological polar surface area (TPSA) is 9.23 Å². The van der Waals surface area contributed by atoms with Crippen LogP contribution in [0.5, 0.6) is 0 Å². The monoisotopic (exact) mass is 140 g/mol. The van der Waals surface area contributed by atoms with Crippen LogP contribution in [-0.2, 0) is 4.74 Å². The maximum atomic E-state index is 5.56. The lowest BCUT2D eigenvalue weighted by Gasteiger charge is -2.07. The molecule has 1 heteroatoms. The summed E-state index contributed by atoms with van der Waals surface area (Å²) in [7, 11) is 0. The van der Waals surface area contributed by atoms with Gasteiger partial charge in [-0.3, -0.25) is 0 Å². The van der Waals surface area contributed by atoms with E-state index in [9.17, 15) is 0 Å². The normalized spacial score (nSPS) is 20.9. The van der Waals surface area contributed by atoms with Gasteiger partial charge in [0.1, 0.15) is 0 Å². The molecule has 0 atom stereocenters. The molecule has 0 aromatic carbocycles. The molecule has 0 radical (unpaired) electrons. The molecule has 0 aromatic heterocycles. The van der Waals surface area contributed by atoms with Crippen LogP contribution in [0.15, 0.2) is 12.2 Å². The zero-order chi connectivity index (χ0) is 7.23. The molecule has 0 spiro atoms. The van der Waals surface area contributed by atoms with Gasteiger partial charge in [-0.1, -0.05) is 25.0 Å². The number of rotatable bonds is 3. The van der Waals surface area contributed by atoms with Gasteiger partial charge in [-0.15, -0.1) is 0 Å². The van der Waals surface area contributed by atoms with Crippen molar-refractivity contribution in [3.63, 3.8) is 0 Å². The van der Waals surface area contributed by atoms with Crippen LogP contribution in [0.25, 0.3) is 0 Å². The van der Waals surface area contributed by atoms with Crippen molar-refractivity contribution in [2.45, 2.75) is 38.7 Å². The quantitative estimate of drug-likeness (QED) is 0.547. The predicted molar refractivity (Wildman–Crippen MR) is 43.0 cm³/mol. The highest BCUT2D eigenvalue weighted by atomic mass is 16.5. The van der Waals surface area contributed by atoms with Gasteiger partial charge in [-0.25, -0.2) is 0 Å². The van der Waals surface area contributed by atoms with Crippen molar-refractivity contribution < 1.29 is 4.74 Å². The van der Waals surface area contributed by atoms with Gasteiger partial charge < -0.3 is 4.74 Å². The Morgan fingerprint density at radius 2 is 2.10 bits per heavy atom. The smallest absolute Gasteiger partial charge is 0.0651 e. The van der Waals surface area contributed by atoms with E-state index >= 15 is 0 Å². The predicted octanol–water partition coefficient (Wildman–Crippen LogP) is 2.52. The van der Waals surface area contributed by atoms with Crippen LogP contribution in [0, 0.1) is 0 Å². The van der Waals surface area contributed by atoms with Crippen LogP contribution in [0.1, 0.15) is 32.6 Å². The van der Waals surface area contributed by atoms with Crippen LogP contribution < -0.4 is 0 Å². The second-order valence-corrected chi connectivity index (χ2v) is 2.81. The molecule has 10 heavy (non-hydrogen) atoms. The van der Waals surface area contributed by atoms with E-state index < -0.39 is 0 Å². The molecular formula is C9H16O. The Hall–Kier alpha value is -0.300. The third-order valence-electron chi connectivity index (χ3n) is 1.97. The van der Waals surface area contributed by atoms with Gasteiger partial charge in [0.15, 0.2) is 0 Å². The molecule has 0 aromatic rings. The molecule has 0 unspecified atom stereocenters. The minimum absolute atomic E-state index is 0.566. The highest BCUT2D eigenvalue weighted by molar-refractivity contribution is 4.77. The first-order valence-electron chi connectivity index (χ1n) is 4.16. The molecule has 0 aliphatic heterocycles. The Kier molecular flexibility index (Phi) is 3.52. The van der Waals surface area contributed by atoms with Crippen LogP contribution in [0.4, 0.5) is 0 Å². The van der Waals surface area contributed by atoms with E-state index in [2.05, 4.69) is 6.08 Å².